The van der Waals surface area contributed by atoms with Gasteiger partial charge in [0.2, 0.25) is 5.91 Å². The molecule has 3 heteroatoms. The molecule has 1 aliphatic heterocycles. The average Bonchev–Trinajstić information content (AvgIpc) is 2.19. The van der Waals surface area contributed by atoms with Crippen molar-refractivity contribution in [3.63, 3.8) is 0 Å². The van der Waals surface area contributed by atoms with E-state index < -0.39 is 0 Å². The zero-order valence-electron chi connectivity index (χ0n) is 8.40. The average molecular weight is 193 g/mol. The highest BCUT2D eigenvalue weighted by atomic mass is 16.2. The topological polar surface area (TPSA) is 37.4 Å². The predicted molar refractivity (Wildman–Crippen MR) is 54.5 cm³/mol. The number of nitrogens with zero attached hydrogens (tertiary/aromatic N) is 1. The molecule has 0 spiro atoms. The molecule has 0 unspecified atom stereocenters. The maximum atomic E-state index is 11.5. The molecule has 0 aliphatic carbocycles. The molecule has 1 aliphatic rings. The van der Waals surface area contributed by atoms with Crippen molar-refractivity contribution < 1.29 is 9.59 Å². The van der Waals surface area contributed by atoms with E-state index in [2.05, 4.69) is 0 Å². The molecule has 76 valence electrons. The van der Waals surface area contributed by atoms with Gasteiger partial charge >= 0.3 is 0 Å². The summed E-state index contributed by atoms with van der Waals surface area (Å²) in [4.78, 5) is 24.0. The number of amides is 1. The lowest BCUT2D eigenvalue weighted by molar-refractivity contribution is -0.129. The highest BCUT2D eigenvalue weighted by molar-refractivity contribution is 5.92. The summed E-state index contributed by atoms with van der Waals surface area (Å²) >= 11 is 0. The van der Waals surface area contributed by atoms with Crippen molar-refractivity contribution in [2.75, 3.05) is 6.54 Å². The summed E-state index contributed by atoms with van der Waals surface area (Å²) in [6.45, 7) is 2.47. The molecule has 0 aromatic rings. The van der Waals surface area contributed by atoms with Crippen molar-refractivity contribution >= 4 is 11.7 Å². The first-order chi connectivity index (χ1) is 6.74. The fourth-order valence-corrected chi connectivity index (χ4v) is 1.29. The van der Waals surface area contributed by atoms with Crippen molar-refractivity contribution in [3.05, 3.63) is 24.4 Å². The highest BCUT2D eigenvalue weighted by Crippen LogP contribution is 2.06. The van der Waals surface area contributed by atoms with Crippen LogP contribution in [0.2, 0.25) is 0 Å². The van der Waals surface area contributed by atoms with Crippen LogP contribution in [0.15, 0.2) is 24.4 Å². The van der Waals surface area contributed by atoms with E-state index in [1.807, 2.05) is 19.1 Å². The van der Waals surface area contributed by atoms with Gasteiger partial charge in [-0.15, -0.1) is 0 Å². The number of rotatable bonds is 3. The Morgan fingerprint density at radius 1 is 1.64 bits per heavy atom. The number of ketones is 1. The second kappa shape index (κ2) is 5.37. The number of hydrogen-bond donors (Lipinski definition) is 0. The van der Waals surface area contributed by atoms with Gasteiger partial charge in [0.1, 0.15) is 0 Å². The van der Waals surface area contributed by atoms with E-state index in [4.69, 9.17) is 0 Å². The fraction of sp³-hybridized carbons (Fsp3) is 0.455. The van der Waals surface area contributed by atoms with Gasteiger partial charge in [-0.2, -0.15) is 0 Å². The Hall–Kier alpha value is -1.38. The number of hydrogen-bond acceptors (Lipinski definition) is 2. The largest absolute Gasteiger partial charge is 0.318 e. The number of carbonyl (C=O) groups is 2. The van der Waals surface area contributed by atoms with Gasteiger partial charge in [0, 0.05) is 25.6 Å². The van der Waals surface area contributed by atoms with Gasteiger partial charge in [-0.25, -0.2) is 0 Å². The van der Waals surface area contributed by atoms with Gasteiger partial charge in [0.05, 0.1) is 0 Å². The minimum atomic E-state index is 0.0897. The maximum Gasteiger partial charge on any atom is 0.226 e. The van der Waals surface area contributed by atoms with Crippen LogP contribution in [0.25, 0.3) is 0 Å². The molecule has 14 heavy (non-hydrogen) atoms. The number of carbonyl (C=O) groups excluding carboxylic acids is 2. The Bertz CT molecular complexity index is 279. The minimum absolute atomic E-state index is 0.0897. The van der Waals surface area contributed by atoms with Crippen LogP contribution in [-0.2, 0) is 9.59 Å². The molecular weight excluding hydrogens is 178 g/mol. The van der Waals surface area contributed by atoms with Crippen LogP contribution in [-0.4, -0.2) is 23.1 Å². The first-order valence-corrected chi connectivity index (χ1v) is 4.85. The summed E-state index contributed by atoms with van der Waals surface area (Å²) in [7, 11) is 0. The van der Waals surface area contributed by atoms with Crippen LogP contribution >= 0.6 is 0 Å². The van der Waals surface area contributed by atoms with Gasteiger partial charge < -0.3 is 4.90 Å². The third kappa shape index (κ3) is 3.17. The van der Waals surface area contributed by atoms with Gasteiger partial charge in [-0.1, -0.05) is 12.2 Å². The van der Waals surface area contributed by atoms with Gasteiger partial charge in [0.15, 0.2) is 5.78 Å². The molecule has 0 N–H and O–H groups in total. The Morgan fingerprint density at radius 2 is 2.43 bits per heavy atom. The monoisotopic (exact) mass is 193 g/mol. The molecular formula is C11H15NO2. The third-order valence-electron chi connectivity index (χ3n) is 2.12. The maximum absolute atomic E-state index is 11.5. The molecule has 3 nitrogen and oxygen atoms in total. The van der Waals surface area contributed by atoms with E-state index in [0.717, 1.165) is 6.42 Å². The summed E-state index contributed by atoms with van der Waals surface area (Å²) in [5, 5.41) is 0. The van der Waals surface area contributed by atoms with Crippen LogP contribution < -0.4 is 0 Å². The van der Waals surface area contributed by atoms with E-state index in [0.29, 0.717) is 19.4 Å². The molecule has 0 radical (unpaired) electrons. The van der Waals surface area contributed by atoms with Crippen molar-refractivity contribution in [3.8, 4) is 0 Å². The lowest BCUT2D eigenvalue weighted by Gasteiger charge is -2.20. The molecule has 0 fully saturated rings. The standard InChI is InChI=1S/C11H15NO2/c1-2-3-4-5-11(14)12-8-6-10(13)7-9-12/h2-3,6,8H,4-5,7,9H2,1H3/b3-2+. The van der Waals surface area contributed by atoms with E-state index in [-0.39, 0.29) is 11.7 Å². The Morgan fingerprint density at radius 3 is 3.00 bits per heavy atom. The second-order valence-electron chi connectivity index (χ2n) is 3.23. The molecule has 0 saturated carbocycles. The molecule has 1 heterocycles. The Kier molecular flexibility index (Phi) is 4.11. The van der Waals surface area contributed by atoms with Crippen LogP contribution in [0, 0.1) is 0 Å². The molecule has 0 atom stereocenters. The highest BCUT2D eigenvalue weighted by Gasteiger charge is 2.14. The summed E-state index contributed by atoms with van der Waals surface area (Å²) in [5.74, 6) is 0.189. The minimum Gasteiger partial charge on any atom is -0.318 e. The van der Waals surface area contributed by atoms with Crippen molar-refractivity contribution in [2.24, 2.45) is 0 Å². The summed E-state index contributed by atoms with van der Waals surface area (Å²) in [6.07, 6.45) is 8.70. The summed E-state index contributed by atoms with van der Waals surface area (Å²) in [6, 6.07) is 0. The quantitative estimate of drug-likeness (QED) is 0.639. The molecule has 0 aromatic heterocycles. The normalized spacial score (nSPS) is 16.6. The lowest BCUT2D eigenvalue weighted by Crippen LogP contribution is -2.30. The van der Waals surface area contributed by atoms with E-state index in [9.17, 15) is 9.59 Å². The zero-order valence-corrected chi connectivity index (χ0v) is 8.40. The molecule has 1 amide bonds. The van der Waals surface area contributed by atoms with Crippen molar-refractivity contribution in [1.82, 2.24) is 4.90 Å². The van der Waals surface area contributed by atoms with Gasteiger partial charge in [-0.05, 0) is 19.4 Å². The fourth-order valence-electron chi connectivity index (χ4n) is 1.29. The third-order valence-corrected chi connectivity index (χ3v) is 2.12. The smallest absolute Gasteiger partial charge is 0.226 e. The van der Waals surface area contributed by atoms with Gasteiger partial charge in [0.25, 0.3) is 0 Å². The van der Waals surface area contributed by atoms with Crippen LogP contribution in [0.5, 0.6) is 0 Å². The zero-order chi connectivity index (χ0) is 10.4. The molecule has 0 bridgehead atoms. The Balaban J connectivity index is 2.38. The lowest BCUT2D eigenvalue weighted by atomic mass is 10.2. The van der Waals surface area contributed by atoms with E-state index in [1.165, 1.54) is 6.08 Å². The van der Waals surface area contributed by atoms with Crippen molar-refractivity contribution in [2.45, 2.75) is 26.2 Å². The summed E-state index contributed by atoms with van der Waals surface area (Å²) < 4.78 is 0. The molecule has 0 aromatic carbocycles. The second-order valence-corrected chi connectivity index (χ2v) is 3.23. The van der Waals surface area contributed by atoms with Crippen LogP contribution in [0.3, 0.4) is 0 Å². The first kappa shape index (κ1) is 10.7. The predicted octanol–water partition coefficient (Wildman–Crippen LogP) is 1.66. The van der Waals surface area contributed by atoms with E-state index in [1.54, 1.807) is 11.1 Å². The van der Waals surface area contributed by atoms with Crippen LogP contribution in [0.1, 0.15) is 26.2 Å². The summed E-state index contributed by atoms with van der Waals surface area (Å²) in [5.41, 5.74) is 0. The number of allylic oxidation sites excluding steroid dienone is 3. The van der Waals surface area contributed by atoms with Crippen molar-refractivity contribution in [1.29, 1.82) is 0 Å². The van der Waals surface area contributed by atoms with Gasteiger partial charge in [-0.3, -0.25) is 9.59 Å². The van der Waals surface area contributed by atoms with E-state index >= 15 is 0 Å². The SMILES string of the molecule is C/C=C/CCC(=O)N1C=CC(=O)CC1. The molecule has 0 saturated heterocycles. The first-order valence-electron chi connectivity index (χ1n) is 4.85. The molecule has 1 rings (SSSR count). The van der Waals surface area contributed by atoms with Crippen LogP contribution in [0.4, 0.5) is 0 Å². The Labute approximate surface area is 84.1 Å².